The standard InChI is InChI=1S/C13H17ClIN3O2/c1-3-18(7-8(2)12(16)17-20)13(19)10-6-9(14)4-5-11(10)15/h4-6,8,20H,3,7H2,1-2H3,(H2,16,17). The third-order valence-electron chi connectivity index (χ3n) is 2.94. The summed E-state index contributed by atoms with van der Waals surface area (Å²) in [6, 6.07) is 5.20. The highest BCUT2D eigenvalue weighted by atomic mass is 127. The number of nitrogens with two attached hydrogens (primary N) is 1. The number of nitrogens with zero attached hydrogens (tertiary/aromatic N) is 2. The first kappa shape index (κ1) is 17.0. The van der Waals surface area contributed by atoms with Crippen molar-refractivity contribution in [2.24, 2.45) is 16.8 Å². The van der Waals surface area contributed by atoms with Crippen molar-refractivity contribution in [2.75, 3.05) is 13.1 Å². The van der Waals surface area contributed by atoms with Gasteiger partial charge in [-0.1, -0.05) is 23.7 Å². The molecule has 0 saturated heterocycles. The van der Waals surface area contributed by atoms with Gasteiger partial charge in [0.25, 0.3) is 5.91 Å². The second-order valence-corrected chi connectivity index (χ2v) is 5.99. The minimum atomic E-state index is -0.222. The number of halogens is 2. The molecule has 0 spiro atoms. The molecular formula is C13H17ClIN3O2. The Balaban J connectivity index is 2.95. The Kier molecular flexibility index (Phi) is 6.54. The average Bonchev–Trinajstić information content (AvgIpc) is 2.45. The molecule has 1 aromatic carbocycles. The first-order valence-corrected chi connectivity index (χ1v) is 7.58. The molecule has 1 rings (SSSR count). The molecule has 7 heteroatoms. The molecule has 1 aromatic rings. The summed E-state index contributed by atoms with van der Waals surface area (Å²) in [4.78, 5) is 14.2. The first-order valence-electron chi connectivity index (χ1n) is 6.12. The fourth-order valence-electron chi connectivity index (χ4n) is 1.71. The van der Waals surface area contributed by atoms with Crippen LogP contribution in [0.1, 0.15) is 24.2 Å². The predicted octanol–water partition coefficient (Wildman–Crippen LogP) is 2.79. The second kappa shape index (κ2) is 7.68. The van der Waals surface area contributed by atoms with E-state index in [4.69, 9.17) is 22.5 Å². The van der Waals surface area contributed by atoms with Crippen molar-refractivity contribution in [2.45, 2.75) is 13.8 Å². The molecule has 1 atom stereocenters. The van der Waals surface area contributed by atoms with Gasteiger partial charge in [-0.25, -0.2) is 0 Å². The summed E-state index contributed by atoms with van der Waals surface area (Å²) in [5, 5.41) is 12.2. The van der Waals surface area contributed by atoms with Gasteiger partial charge in [0, 0.05) is 27.6 Å². The van der Waals surface area contributed by atoms with Crippen LogP contribution in [0.3, 0.4) is 0 Å². The van der Waals surface area contributed by atoms with Gasteiger partial charge in [-0.05, 0) is 47.7 Å². The van der Waals surface area contributed by atoms with Crippen molar-refractivity contribution in [3.8, 4) is 0 Å². The fourth-order valence-corrected chi connectivity index (χ4v) is 2.45. The Morgan fingerprint density at radius 3 is 2.80 bits per heavy atom. The molecule has 0 fully saturated rings. The van der Waals surface area contributed by atoms with Crippen molar-refractivity contribution < 1.29 is 10.0 Å². The Labute approximate surface area is 136 Å². The van der Waals surface area contributed by atoms with Crippen molar-refractivity contribution in [1.82, 2.24) is 4.90 Å². The van der Waals surface area contributed by atoms with E-state index >= 15 is 0 Å². The topological polar surface area (TPSA) is 78.9 Å². The number of amides is 1. The number of amidine groups is 1. The average molecular weight is 410 g/mol. The largest absolute Gasteiger partial charge is 0.409 e. The highest BCUT2D eigenvalue weighted by molar-refractivity contribution is 14.1. The normalized spacial score (nSPS) is 13.1. The van der Waals surface area contributed by atoms with Crippen LogP contribution < -0.4 is 5.73 Å². The first-order chi connectivity index (χ1) is 9.40. The van der Waals surface area contributed by atoms with Crippen LogP contribution in [0.25, 0.3) is 0 Å². The van der Waals surface area contributed by atoms with Crippen LogP contribution in [0.15, 0.2) is 23.4 Å². The van der Waals surface area contributed by atoms with E-state index < -0.39 is 0 Å². The molecule has 0 radical (unpaired) electrons. The van der Waals surface area contributed by atoms with Gasteiger partial charge in [-0.3, -0.25) is 4.79 Å². The molecule has 1 unspecified atom stereocenters. The Bertz CT molecular complexity index is 522. The lowest BCUT2D eigenvalue weighted by molar-refractivity contribution is 0.0752. The van der Waals surface area contributed by atoms with Crippen molar-refractivity contribution in [3.63, 3.8) is 0 Å². The van der Waals surface area contributed by atoms with Gasteiger partial charge in [-0.2, -0.15) is 0 Å². The summed E-state index contributed by atoms with van der Waals surface area (Å²) in [5.74, 6) is -0.227. The van der Waals surface area contributed by atoms with Crippen LogP contribution in [0, 0.1) is 9.49 Å². The molecule has 3 N–H and O–H groups in total. The number of carbonyl (C=O) groups is 1. The molecular weight excluding hydrogens is 393 g/mol. The minimum Gasteiger partial charge on any atom is -0.409 e. The zero-order valence-corrected chi connectivity index (χ0v) is 14.2. The number of carbonyl (C=O) groups excluding carboxylic acids is 1. The molecule has 0 saturated carbocycles. The Morgan fingerprint density at radius 1 is 1.60 bits per heavy atom. The van der Waals surface area contributed by atoms with Gasteiger partial charge >= 0.3 is 0 Å². The lowest BCUT2D eigenvalue weighted by atomic mass is 10.1. The number of hydrogen-bond acceptors (Lipinski definition) is 3. The van der Waals surface area contributed by atoms with E-state index in [1.807, 2.05) is 6.92 Å². The van der Waals surface area contributed by atoms with Crippen molar-refractivity contribution in [3.05, 3.63) is 32.4 Å². The van der Waals surface area contributed by atoms with Gasteiger partial charge in [0.1, 0.15) is 5.84 Å². The molecule has 0 bridgehead atoms. The van der Waals surface area contributed by atoms with E-state index in [0.29, 0.717) is 23.7 Å². The van der Waals surface area contributed by atoms with Crippen LogP contribution in [-0.4, -0.2) is 34.9 Å². The summed E-state index contributed by atoms with van der Waals surface area (Å²) in [5.41, 5.74) is 6.11. The smallest absolute Gasteiger partial charge is 0.254 e. The zero-order valence-electron chi connectivity index (χ0n) is 11.3. The van der Waals surface area contributed by atoms with Crippen LogP contribution >= 0.6 is 34.2 Å². The summed E-state index contributed by atoms with van der Waals surface area (Å²) >= 11 is 8.04. The monoisotopic (exact) mass is 409 g/mol. The van der Waals surface area contributed by atoms with Gasteiger partial charge in [0.15, 0.2) is 0 Å². The van der Waals surface area contributed by atoms with Crippen LogP contribution in [0.2, 0.25) is 5.02 Å². The van der Waals surface area contributed by atoms with Crippen LogP contribution in [0.5, 0.6) is 0 Å². The summed E-state index contributed by atoms with van der Waals surface area (Å²) < 4.78 is 0.840. The van der Waals surface area contributed by atoms with Crippen LogP contribution in [-0.2, 0) is 0 Å². The zero-order chi connectivity index (χ0) is 15.3. The van der Waals surface area contributed by atoms with Crippen molar-refractivity contribution >= 4 is 45.9 Å². The fraction of sp³-hybridized carbons (Fsp3) is 0.385. The highest BCUT2D eigenvalue weighted by Gasteiger charge is 2.20. The highest BCUT2D eigenvalue weighted by Crippen LogP contribution is 2.20. The number of oxime groups is 1. The quantitative estimate of drug-likeness (QED) is 0.258. The van der Waals surface area contributed by atoms with E-state index in [0.717, 1.165) is 3.57 Å². The molecule has 20 heavy (non-hydrogen) atoms. The van der Waals surface area contributed by atoms with E-state index in [1.54, 1.807) is 30.0 Å². The maximum atomic E-state index is 12.5. The van der Waals surface area contributed by atoms with E-state index in [1.165, 1.54) is 0 Å². The van der Waals surface area contributed by atoms with Crippen LogP contribution in [0.4, 0.5) is 0 Å². The van der Waals surface area contributed by atoms with E-state index in [2.05, 4.69) is 27.7 Å². The minimum absolute atomic E-state index is 0.108. The molecule has 0 aliphatic rings. The van der Waals surface area contributed by atoms with Crippen molar-refractivity contribution in [1.29, 1.82) is 0 Å². The number of benzene rings is 1. The number of hydrogen-bond donors (Lipinski definition) is 2. The molecule has 5 nitrogen and oxygen atoms in total. The van der Waals surface area contributed by atoms with E-state index in [9.17, 15) is 4.79 Å². The predicted molar refractivity (Wildman–Crippen MR) is 88.3 cm³/mol. The molecule has 0 aromatic heterocycles. The van der Waals surface area contributed by atoms with Gasteiger partial charge in [0.2, 0.25) is 0 Å². The summed E-state index contributed by atoms with van der Waals surface area (Å²) in [7, 11) is 0. The van der Waals surface area contributed by atoms with Gasteiger partial charge in [0.05, 0.1) is 5.56 Å². The lowest BCUT2D eigenvalue weighted by Gasteiger charge is -2.24. The van der Waals surface area contributed by atoms with E-state index in [-0.39, 0.29) is 17.7 Å². The molecule has 0 aliphatic carbocycles. The SMILES string of the molecule is CCN(CC(C)/C(N)=N/O)C(=O)c1cc(Cl)ccc1I. The van der Waals surface area contributed by atoms with Gasteiger partial charge < -0.3 is 15.8 Å². The maximum absolute atomic E-state index is 12.5. The molecule has 0 heterocycles. The lowest BCUT2D eigenvalue weighted by Crippen LogP contribution is -2.39. The Hall–Kier alpha value is -1.02. The molecule has 0 aliphatic heterocycles. The number of rotatable bonds is 5. The second-order valence-electron chi connectivity index (χ2n) is 4.39. The Morgan fingerprint density at radius 2 is 2.25 bits per heavy atom. The third-order valence-corrected chi connectivity index (χ3v) is 4.12. The van der Waals surface area contributed by atoms with Gasteiger partial charge in [-0.15, -0.1) is 0 Å². The summed E-state index contributed by atoms with van der Waals surface area (Å²) in [6.45, 7) is 4.60. The summed E-state index contributed by atoms with van der Waals surface area (Å²) in [6.07, 6.45) is 0. The molecule has 110 valence electrons. The molecule has 1 amide bonds. The third kappa shape index (κ3) is 4.24. The maximum Gasteiger partial charge on any atom is 0.254 e.